The number of nitrogens with one attached hydrogen (secondary N) is 1. The topological polar surface area (TPSA) is 41.1 Å². The highest BCUT2D eigenvalue weighted by Gasteiger charge is 2.26. The summed E-state index contributed by atoms with van der Waals surface area (Å²) in [5.41, 5.74) is 1.37. The van der Waals surface area contributed by atoms with Gasteiger partial charge in [-0.05, 0) is 44.0 Å². The quantitative estimate of drug-likeness (QED) is 0.908. The lowest BCUT2D eigenvalue weighted by molar-refractivity contribution is 0.243. The highest BCUT2D eigenvalue weighted by atomic mass is 16.5. The molecule has 2 aromatic rings. The Hall–Kier alpha value is -1.81. The zero-order valence-electron chi connectivity index (χ0n) is 11.9. The Morgan fingerprint density at radius 3 is 2.90 bits per heavy atom. The molecule has 4 nitrogen and oxygen atoms in total. The van der Waals surface area contributed by atoms with E-state index in [4.69, 9.17) is 4.74 Å². The maximum Gasteiger partial charge on any atom is 0.120 e. The number of hydrogen-bond acceptors (Lipinski definition) is 3. The summed E-state index contributed by atoms with van der Waals surface area (Å²) >= 11 is 0. The maximum absolute atomic E-state index is 5.51. The molecule has 3 rings (SSSR count). The van der Waals surface area contributed by atoms with Crippen LogP contribution in [-0.4, -0.2) is 28.0 Å². The number of aromatic nitrogens is 2. The minimum Gasteiger partial charge on any atom is -0.494 e. The van der Waals surface area contributed by atoms with Crippen molar-refractivity contribution in [1.82, 2.24) is 14.9 Å². The SMILES string of the molecule is CCOc1ccc(C2CCCN2Cc2ncc[nH]2)cc1. The minimum atomic E-state index is 0.496. The Balaban J connectivity index is 1.71. The molecule has 20 heavy (non-hydrogen) atoms. The second kappa shape index (κ2) is 6.09. The number of imidazole rings is 1. The predicted octanol–water partition coefficient (Wildman–Crippen LogP) is 3.15. The van der Waals surface area contributed by atoms with E-state index in [-0.39, 0.29) is 0 Å². The summed E-state index contributed by atoms with van der Waals surface area (Å²) in [5.74, 6) is 2.00. The molecule has 0 saturated carbocycles. The van der Waals surface area contributed by atoms with Crippen LogP contribution in [0.5, 0.6) is 5.75 Å². The van der Waals surface area contributed by atoms with Crippen molar-refractivity contribution in [2.24, 2.45) is 0 Å². The summed E-state index contributed by atoms with van der Waals surface area (Å²) < 4.78 is 5.51. The third-order valence-corrected chi connectivity index (χ3v) is 3.85. The smallest absolute Gasteiger partial charge is 0.120 e. The first kappa shape index (κ1) is 13.2. The Morgan fingerprint density at radius 2 is 2.20 bits per heavy atom. The lowest BCUT2D eigenvalue weighted by Crippen LogP contribution is -2.23. The maximum atomic E-state index is 5.51. The second-order valence-electron chi connectivity index (χ2n) is 5.17. The van der Waals surface area contributed by atoms with E-state index in [1.165, 1.54) is 18.4 Å². The molecule has 4 heteroatoms. The molecule has 0 aliphatic carbocycles. The molecule has 2 heterocycles. The molecule has 1 fully saturated rings. The van der Waals surface area contributed by atoms with E-state index in [2.05, 4.69) is 39.1 Å². The van der Waals surface area contributed by atoms with Crippen LogP contribution >= 0.6 is 0 Å². The van der Waals surface area contributed by atoms with Gasteiger partial charge in [0.05, 0.1) is 13.2 Å². The molecular weight excluding hydrogens is 250 g/mol. The van der Waals surface area contributed by atoms with E-state index < -0.39 is 0 Å². The molecule has 0 spiro atoms. The van der Waals surface area contributed by atoms with Gasteiger partial charge in [-0.3, -0.25) is 4.90 Å². The summed E-state index contributed by atoms with van der Waals surface area (Å²) in [5, 5.41) is 0. The first-order valence-electron chi connectivity index (χ1n) is 7.32. The lowest BCUT2D eigenvalue weighted by atomic mass is 10.0. The molecule has 106 valence electrons. The molecule has 1 aromatic heterocycles. The standard InChI is InChI=1S/C16H21N3O/c1-2-20-14-7-5-13(6-8-14)15-4-3-11-19(15)12-16-17-9-10-18-16/h5-10,15H,2-4,11-12H2,1H3,(H,17,18). The molecule has 1 atom stereocenters. The first-order chi connectivity index (χ1) is 9.86. The van der Waals surface area contributed by atoms with Crippen molar-refractivity contribution in [3.8, 4) is 5.75 Å². The number of nitrogens with zero attached hydrogens (tertiary/aromatic N) is 2. The van der Waals surface area contributed by atoms with Crippen molar-refractivity contribution in [2.45, 2.75) is 32.4 Å². The van der Waals surface area contributed by atoms with Gasteiger partial charge in [0.2, 0.25) is 0 Å². The summed E-state index contributed by atoms with van der Waals surface area (Å²) in [4.78, 5) is 10.0. The van der Waals surface area contributed by atoms with Crippen LogP contribution in [-0.2, 0) is 6.54 Å². The van der Waals surface area contributed by atoms with Gasteiger partial charge in [-0.1, -0.05) is 12.1 Å². The Kier molecular flexibility index (Phi) is 4.02. The average Bonchev–Trinajstić information content (AvgIpc) is 3.12. The van der Waals surface area contributed by atoms with E-state index in [0.29, 0.717) is 12.6 Å². The molecule has 1 aliphatic rings. The van der Waals surface area contributed by atoms with Crippen LogP contribution in [0.25, 0.3) is 0 Å². The third-order valence-electron chi connectivity index (χ3n) is 3.85. The van der Waals surface area contributed by atoms with Crippen LogP contribution < -0.4 is 4.74 Å². The van der Waals surface area contributed by atoms with Gasteiger partial charge in [-0.15, -0.1) is 0 Å². The number of likely N-dealkylation sites (tertiary alicyclic amines) is 1. The van der Waals surface area contributed by atoms with Crippen LogP contribution in [0.1, 0.15) is 37.2 Å². The van der Waals surface area contributed by atoms with Gasteiger partial charge in [-0.25, -0.2) is 4.98 Å². The Morgan fingerprint density at radius 1 is 1.35 bits per heavy atom. The molecule has 0 radical (unpaired) electrons. The van der Waals surface area contributed by atoms with E-state index >= 15 is 0 Å². The van der Waals surface area contributed by atoms with Crippen LogP contribution in [0.15, 0.2) is 36.7 Å². The highest BCUT2D eigenvalue weighted by molar-refractivity contribution is 5.29. The normalized spacial score (nSPS) is 19.4. The summed E-state index contributed by atoms with van der Waals surface area (Å²) in [6.45, 7) is 4.76. The number of aromatic amines is 1. The van der Waals surface area contributed by atoms with Crippen molar-refractivity contribution in [3.63, 3.8) is 0 Å². The Bertz CT molecular complexity index is 521. The van der Waals surface area contributed by atoms with Crippen LogP contribution in [0.4, 0.5) is 0 Å². The monoisotopic (exact) mass is 271 g/mol. The largest absolute Gasteiger partial charge is 0.494 e. The number of hydrogen-bond donors (Lipinski definition) is 1. The molecule has 1 unspecified atom stereocenters. The van der Waals surface area contributed by atoms with Crippen LogP contribution in [0.2, 0.25) is 0 Å². The van der Waals surface area contributed by atoms with E-state index in [9.17, 15) is 0 Å². The van der Waals surface area contributed by atoms with Gasteiger partial charge in [0.15, 0.2) is 0 Å². The average molecular weight is 271 g/mol. The van der Waals surface area contributed by atoms with Gasteiger partial charge in [0, 0.05) is 18.4 Å². The predicted molar refractivity (Wildman–Crippen MR) is 78.6 cm³/mol. The Labute approximate surface area is 119 Å². The zero-order valence-corrected chi connectivity index (χ0v) is 11.9. The van der Waals surface area contributed by atoms with Crippen LogP contribution in [0, 0.1) is 0 Å². The van der Waals surface area contributed by atoms with Crippen molar-refractivity contribution < 1.29 is 4.74 Å². The van der Waals surface area contributed by atoms with Crippen molar-refractivity contribution >= 4 is 0 Å². The number of ether oxygens (including phenoxy) is 1. The van der Waals surface area contributed by atoms with E-state index in [1.807, 2.05) is 19.3 Å². The zero-order chi connectivity index (χ0) is 13.8. The second-order valence-corrected chi connectivity index (χ2v) is 5.17. The fraction of sp³-hybridized carbons (Fsp3) is 0.438. The van der Waals surface area contributed by atoms with Crippen molar-refractivity contribution in [2.75, 3.05) is 13.2 Å². The van der Waals surface area contributed by atoms with Gasteiger partial charge < -0.3 is 9.72 Å². The number of benzene rings is 1. The van der Waals surface area contributed by atoms with E-state index in [0.717, 1.165) is 24.7 Å². The minimum absolute atomic E-state index is 0.496. The lowest BCUT2D eigenvalue weighted by Gasteiger charge is -2.24. The van der Waals surface area contributed by atoms with Gasteiger partial charge in [0.25, 0.3) is 0 Å². The number of H-pyrrole nitrogens is 1. The first-order valence-corrected chi connectivity index (χ1v) is 7.32. The highest BCUT2D eigenvalue weighted by Crippen LogP contribution is 2.33. The molecule has 0 amide bonds. The molecule has 1 aliphatic heterocycles. The van der Waals surface area contributed by atoms with Gasteiger partial charge in [-0.2, -0.15) is 0 Å². The number of rotatable bonds is 5. The van der Waals surface area contributed by atoms with E-state index in [1.54, 1.807) is 0 Å². The van der Waals surface area contributed by atoms with Crippen molar-refractivity contribution in [3.05, 3.63) is 48.0 Å². The van der Waals surface area contributed by atoms with Gasteiger partial charge >= 0.3 is 0 Å². The molecule has 1 saturated heterocycles. The molecule has 1 N–H and O–H groups in total. The van der Waals surface area contributed by atoms with Crippen molar-refractivity contribution in [1.29, 1.82) is 0 Å². The summed E-state index contributed by atoms with van der Waals surface area (Å²) in [6.07, 6.45) is 6.17. The van der Waals surface area contributed by atoms with Crippen LogP contribution in [0.3, 0.4) is 0 Å². The fourth-order valence-corrected chi connectivity index (χ4v) is 2.92. The molecular formula is C16H21N3O. The molecule has 1 aromatic carbocycles. The summed E-state index contributed by atoms with van der Waals surface area (Å²) in [6, 6.07) is 9.02. The third kappa shape index (κ3) is 2.85. The fourth-order valence-electron chi connectivity index (χ4n) is 2.92. The molecule has 0 bridgehead atoms. The van der Waals surface area contributed by atoms with Gasteiger partial charge in [0.1, 0.15) is 11.6 Å². The summed E-state index contributed by atoms with van der Waals surface area (Å²) in [7, 11) is 0.